The molecule has 2 aromatic carbocycles. The van der Waals surface area contributed by atoms with Gasteiger partial charge in [0.05, 0.1) is 36.0 Å². The molecule has 2 N–H and O–H groups in total. The largest absolute Gasteiger partial charge is 0.497 e. The van der Waals surface area contributed by atoms with Crippen LogP contribution in [0.3, 0.4) is 0 Å². The zero-order valence-corrected chi connectivity index (χ0v) is 17.2. The van der Waals surface area contributed by atoms with Gasteiger partial charge < -0.3 is 10.5 Å². The summed E-state index contributed by atoms with van der Waals surface area (Å²) in [6.07, 6.45) is 4.57. The highest BCUT2D eigenvalue weighted by Crippen LogP contribution is 2.45. The van der Waals surface area contributed by atoms with Crippen molar-refractivity contribution in [3.8, 4) is 5.75 Å². The van der Waals surface area contributed by atoms with E-state index in [1.165, 1.54) is 12.3 Å². The second-order valence-corrected chi connectivity index (χ2v) is 7.83. The average molecular weight is 420 g/mol. The number of methoxy groups -OCH3 is 1. The topological polar surface area (TPSA) is 113 Å². The second kappa shape index (κ2) is 8.59. The zero-order valence-electron chi connectivity index (χ0n) is 17.2. The van der Waals surface area contributed by atoms with Gasteiger partial charge in [0.1, 0.15) is 5.75 Å². The molecule has 1 aliphatic carbocycles. The fourth-order valence-electron chi connectivity index (χ4n) is 4.20. The lowest BCUT2D eigenvalue weighted by Gasteiger charge is -2.35. The van der Waals surface area contributed by atoms with Gasteiger partial charge in [-0.15, -0.1) is 0 Å². The van der Waals surface area contributed by atoms with Crippen molar-refractivity contribution in [2.75, 3.05) is 7.11 Å². The van der Waals surface area contributed by atoms with Crippen LogP contribution in [0.25, 0.3) is 0 Å². The molecular formula is C23H24N4O4. The number of carbonyl (C=O) groups excluding carboxylic acids is 1. The van der Waals surface area contributed by atoms with Crippen LogP contribution in [-0.4, -0.2) is 27.7 Å². The van der Waals surface area contributed by atoms with Crippen molar-refractivity contribution >= 4 is 11.6 Å². The molecular weight excluding hydrogens is 396 g/mol. The van der Waals surface area contributed by atoms with Crippen LogP contribution in [0.1, 0.15) is 52.4 Å². The number of amides is 1. The Labute approximate surface area is 179 Å². The van der Waals surface area contributed by atoms with E-state index in [1.54, 1.807) is 23.9 Å². The van der Waals surface area contributed by atoms with Crippen molar-refractivity contribution < 1.29 is 14.5 Å². The van der Waals surface area contributed by atoms with E-state index in [-0.39, 0.29) is 17.5 Å². The predicted octanol–water partition coefficient (Wildman–Crippen LogP) is 3.88. The minimum atomic E-state index is -0.550. The van der Waals surface area contributed by atoms with Gasteiger partial charge in [-0.2, -0.15) is 5.10 Å². The number of aromatic nitrogens is 2. The Morgan fingerprint density at radius 3 is 2.61 bits per heavy atom. The number of nitro groups is 1. The quantitative estimate of drug-likeness (QED) is 0.439. The Hall–Kier alpha value is -3.68. The van der Waals surface area contributed by atoms with Gasteiger partial charge in [-0.25, -0.2) is 0 Å². The summed E-state index contributed by atoms with van der Waals surface area (Å²) in [6, 6.07) is 14.3. The normalized spacial score (nSPS) is 14.6. The Kier molecular flexibility index (Phi) is 5.70. The number of benzene rings is 2. The van der Waals surface area contributed by atoms with Crippen LogP contribution in [0.2, 0.25) is 0 Å². The van der Waals surface area contributed by atoms with Crippen molar-refractivity contribution in [1.82, 2.24) is 9.78 Å². The Morgan fingerprint density at radius 1 is 1.29 bits per heavy atom. The van der Waals surface area contributed by atoms with E-state index in [1.807, 2.05) is 30.3 Å². The molecule has 1 unspecified atom stereocenters. The lowest BCUT2D eigenvalue weighted by Crippen LogP contribution is -2.27. The molecule has 0 spiro atoms. The van der Waals surface area contributed by atoms with E-state index < -0.39 is 10.8 Å². The summed E-state index contributed by atoms with van der Waals surface area (Å²) in [7, 11) is 1.61. The fraction of sp³-hybridized carbons (Fsp3) is 0.304. The molecule has 8 nitrogen and oxygen atoms in total. The molecule has 31 heavy (non-hydrogen) atoms. The molecule has 0 bridgehead atoms. The number of hydrogen-bond donors (Lipinski definition) is 1. The van der Waals surface area contributed by atoms with E-state index in [2.05, 4.69) is 5.10 Å². The molecule has 1 atom stereocenters. The average Bonchev–Trinajstić information content (AvgIpc) is 3.14. The van der Waals surface area contributed by atoms with E-state index in [0.29, 0.717) is 17.8 Å². The van der Waals surface area contributed by atoms with Crippen LogP contribution < -0.4 is 10.5 Å². The number of rotatable bonds is 8. The van der Waals surface area contributed by atoms with Crippen LogP contribution in [0.15, 0.2) is 54.7 Å². The van der Waals surface area contributed by atoms with Crippen LogP contribution in [0.4, 0.5) is 5.69 Å². The summed E-state index contributed by atoms with van der Waals surface area (Å²) in [5.74, 6) is 0.278. The lowest BCUT2D eigenvalue weighted by molar-refractivity contribution is -0.384. The van der Waals surface area contributed by atoms with E-state index in [9.17, 15) is 14.9 Å². The minimum absolute atomic E-state index is 0.0312. The molecule has 1 aliphatic rings. The molecule has 1 fully saturated rings. The van der Waals surface area contributed by atoms with Gasteiger partial charge >= 0.3 is 0 Å². The fourth-order valence-corrected chi connectivity index (χ4v) is 4.20. The van der Waals surface area contributed by atoms with Crippen LogP contribution in [0.5, 0.6) is 5.75 Å². The third-order valence-corrected chi connectivity index (χ3v) is 5.99. The molecule has 0 aliphatic heterocycles. The number of primary amides is 1. The van der Waals surface area contributed by atoms with Gasteiger partial charge in [-0.1, -0.05) is 30.7 Å². The summed E-state index contributed by atoms with van der Waals surface area (Å²) in [5, 5.41) is 15.8. The number of carbonyl (C=O) groups is 1. The standard InChI is InChI=1S/C23H24N4O4/c1-31-19-10-8-15(9-11-19)14-26-22(20(13-25-26)23(24)28)21(16-4-2-5-16)17-6-3-7-18(12-17)27(29)30/h3,6-13,16,21H,2,4-5,14H2,1H3,(H2,24,28). The highest BCUT2D eigenvalue weighted by molar-refractivity contribution is 5.94. The Bertz CT molecular complexity index is 1100. The van der Waals surface area contributed by atoms with Crippen molar-refractivity contribution in [1.29, 1.82) is 0 Å². The molecule has 160 valence electrons. The van der Waals surface area contributed by atoms with Gasteiger partial charge in [0, 0.05) is 18.1 Å². The second-order valence-electron chi connectivity index (χ2n) is 7.83. The van der Waals surface area contributed by atoms with Gasteiger partial charge in [-0.3, -0.25) is 19.6 Å². The lowest BCUT2D eigenvalue weighted by atomic mass is 9.71. The number of hydrogen-bond acceptors (Lipinski definition) is 5. The summed E-state index contributed by atoms with van der Waals surface area (Å²) in [4.78, 5) is 23.2. The van der Waals surface area contributed by atoms with E-state index in [0.717, 1.165) is 36.1 Å². The van der Waals surface area contributed by atoms with Gasteiger partial charge in [-0.05, 0) is 42.0 Å². The molecule has 1 aromatic heterocycles. The van der Waals surface area contributed by atoms with Gasteiger partial charge in [0.25, 0.3) is 11.6 Å². The molecule has 1 heterocycles. The van der Waals surface area contributed by atoms with E-state index >= 15 is 0 Å². The molecule has 1 amide bonds. The van der Waals surface area contributed by atoms with Crippen LogP contribution in [-0.2, 0) is 6.54 Å². The third-order valence-electron chi connectivity index (χ3n) is 5.99. The molecule has 0 saturated heterocycles. The molecule has 3 aromatic rings. The summed E-state index contributed by atoms with van der Waals surface area (Å²) in [6.45, 7) is 0.449. The molecule has 8 heteroatoms. The van der Waals surface area contributed by atoms with Crippen molar-refractivity contribution in [3.63, 3.8) is 0 Å². The Balaban J connectivity index is 1.80. The summed E-state index contributed by atoms with van der Waals surface area (Å²) < 4.78 is 7.02. The van der Waals surface area contributed by atoms with Gasteiger partial charge in [0.2, 0.25) is 0 Å². The first-order valence-electron chi connectivity index (χ1n) is 10.2. The maximum absolute atomic E-state index is 12.3. The molecule has 1 saturated carbocycles. The number of non-ortho nitro benzene ring substituents is 1. The maximum Gasteiger partial charge on any atom is 0.269 e. The van der Waals surface area contributed by atoms with Crippen LogP contribution in [0, 0.1) is 16.0 Å². The Morgan fingerprint density at radius 2 is 2.03 bits per heavy atom. The number of nitro benzene ring substituents is 1. The van der Waals surface area contributed by atoms with Crippen molar-refractivity contribution in [3.05, 3.63) is 87.2 Å². The summed E-state index contributed by atoms with van der Waals surface area (Å²) >= 11 is 0. The van der Waals surface area contributed by atoms with E-state index in [4.69, 9.17) is 10.5 Å². The maximum atomic E-state index is 12.3. The first kappa shape index (κ1) is 20.6. The highest BCUT2D eigenvalue weighted by Gasteiger charge is 2.35. The molecule has 4 rings (SSSR count). The monoisotopic (exact) mass is 420 g/mol. The first-order valence-corrected chi connectivity index (χ1v) is 10.2. The first-order chi connectivity index (χ1) is 15.0. The van der Waals surface area contributed by atoms with Crippen LogP contribution >= 0.6 is 0 Å². The highest BCUT2D eigenvalue weighted by atomic mass is 16.6. The number of nitrogens with zero attached hydrogens (tertiary/aromatic N) is 3. The SMILES string of the molecule is COc1ccc(Cn2ncc(C(N)=O)c2C(c2cccc([N+](=O)[O-])c2)C2CCC2)cc1. The zero-order chi connectivity index (χ0) is 22.0. The van der Waals surface area contributed by atoms with Gasteiger partial charge in [0.15, 0.2) is 0 Å². The smallest absolute Gasteiger partial charge is 0.269 e. The summed E-state index contributed by atoms with van der Waals surface area (Å²) in [5.41, 5.74) is 8.60. The number of ether oxygens (including phenoxy) is 1. The van der Waals surface area contributed by atoms with Crippen molar-refractivity contribution in [2.45, 2.75) is 31.7 Å². The predicted molar refractivity (Wildman–Crippen MR) is 115 cm³/mol. The third kappa shape index (κ3) is 4.14. The number of nitrogens with two attached hydrogens (primary N) is 1. The molecule has 0 radical (unpaired) electrons. The minimum Gasteiger partial charge on any atom is -0.497 e. The van der Waals surface area contributed by atoms with Crippen molar-refractivity contribution in [2.24, 2.45) is 11.7 Å².